The van der Waals surface area contributed by atoms with Gasteiger partial charge in [0.2, 0.25) is 5.91 Å². The molecule has 2 aromatic carbocycles. The van der Waals surface area contributed by atoms with Crippen molar-refractivity contribution in [2.45, 2.75) is 11.8 Å². The molecule has 1 amide bonds. The van der Waals surface area contributed by atoms with Crippen molar-refractivity contribution >= 4 is 33.2 Å². The van der Waals surface area contributed by atoms with Gasteiger partial charge in [-0.1, -0.05) is 29.8 Å². The van der Waals surface area contributed by atoms with Crippen LogP contribution in [0, 0.1) is 6.92 Å². The van der Waals surface area contributed by atoms with E-state index in [0.717, 1.165) is 18.7 Å². The Balaban J connectivity index is 1.95. The standard InChI is InChI=1S/C20H24ClN3O3S/c1-16-5-3-4-6-19(16)24(15-20(25)23-13-11-22(2)12-14-23)28(26,27)18-9-7-17(21)8-10-18/h3-10H,11-15H2,1-2H3. The lowest BCUT2D eigenvalue weighted by atomic mass is 10.2. The number of likely N-dealkylation sites (N-methyl/N-ethyl adjacent to an activating group) is 1. The minimum absolute atomic E-state index is 0.103. The van der Waals surface area contributed by atoms with Crippen LogP contribution in [0.1, 0.15) is 5.56 Å². The molecule has 1 heterocycles. The zero-order valence-electron chi connectivity index (χ0n) is 16.0. The van der Waals surface area contributed by atoms with Gasteiger partial charge >= 0.3 is 0 Å². The van der Waals surface area contributed by atoms with Crippen molar-refractivity contribution in [2.75, 3.05) is 44.1 Å². The number of aryl methyl sites for hydroxylation is 1. The zero-order chi connectivity index (χ0) is 20.3. The summed E-state index contributed by atoms with van der Waals surface area (Å²) in [5, 5.41) is 0.454. The first-order valence-electron chi connectivity index (χ1n) is 9.09. The van der Waals surface area contributed by atoms with E-state index in [1.807, 2.05) is 26.1 Å². The van der Waals surface area contributed by atoms with E-state index < -0.39 is 10.0 Å². The summed E-state index contributed by atoms with van der Waals surface area (Å²) in [5.74, 6) is -0.200. The normalized spacial score (nSPS) is 15.5. The lowest BCUT2D eigenvalue weighted by Crippen LogP contribution is -2.51. The van der Waals surface area contributed by atoms with Crippen molar-refractivity contribution in [1.82, 2.24) is 9.80 Å². The van der Waals surface area contributed by atoms with E-state index in [9.17, 15) is 13.2 Å². The lowest BCUT2D eigenvalue weighted by Gasteiger charge is -2.34. The molecule has 8 heteroatoms. The zero-order valence-corrected chi connectivity index (χ0v) is 17.6. The monoisotopic (exact) mass is 421 g/mol. The van der Waals surface area contributed by atoms with E-state index in [0.29, 0.717) is 23.8 Å². The van der Waals surface area contributed by atoms with E-state index in [1.54, 1.807) is 17.0 Å². The number of benzene rings is 2. The van der Waals surface area contributed by atoms with Gasteiger partial charge in [0, 0.05) is 31.2 Å². The molecule has 0 N–H and O–H groups in total. The second-order valence-corrected chi connectivity index (χ2v) is 9.23. The van der Waals surface area contributed by atoms with Crippen LogP contribution in [0.3, 0.4) is 0 Å². The minimum atomic E-state index is -3.92. The summed E-state index contributed by atoms with van der Waals surface area (Å²) in [4.78, 5) is 16.9. The van der Waals surface area contributed by atoms with Crippen LogP contribution in [-0.2, 0) is 14.8 Å². The molecule has 0 atom stereocenters. The topological polar surface area (TPSA) is 60.9 Å². The number of amides is 1. The number of anilines is 1. The maximum Gasteiger partial charge on any atom is 0.264 e. The summed E-state index contributed by atoms with van der Waals surface area (Å²) in [6.07, 6.45) is 0. The molecule has 150 valence electrons. The van der Waals surface area contributed by atoms with Crippen LogP contribution in [0.25, 0.3) is 0 Å². The van der Waals surface area contributed by atoms with Crippen molar-refractivity contribution < 1.29 is 13.2 Å². The van der Waals surface area contributed by atoms with E-state index >= 15 is 0 Å². The minimum Gasteiger partial charge on any atom is -0.339 e. The number of carbonyl (C=O) groups is 1. The third-order valence-electron chi connectivity index (χ3n) is 4.92. The van der Waals surface area contributed by atoms with Crippen LogP contribution in [0.15, 0.2) is 53.4 Å². The molecule has 0 saturated carbocycles. The molecule has 0 radical (unpaired) electrons. The molecule has 0 aliphatic carbocycles. The van der Waals surface area contributed by atoms with Crippen LogP contribution in [0.4, 0.5) is 5.69 Å². The molecule has 1 aliphatic rings. The second-order valence-electron chi connectivity index (χ2n) is 6.94. The molecule has 1 saturated heterocycles. The number of rotatable bonds is 5. The fourth-order valence-electron chi connectivity index (χ4n) is 3.16. The Morgan fingerprint density at radius 2 is 1.64 bits per heavy atom. The fraction of sp³-hybridized carbons (Fsp3) is 0.350. The number of hydrogen-bond acceptors (Lipinski definition) is 4. The highest BCUT2D eigenvalue weighted by molar-refractivity contribution is 7.92. The maximum absolute atomic E-state index is 13.4. The van der Waals surface area contributed by atoms with Crippen molar-refractivity contribution in [3.63, 3.8) is 0 Å². The molecular weight excluding hydrogens is 398 g/mol. The molecule has 6 nitrogen and oxygen atoms in total. The van der Waals surface area contributed by atoms with Crippen LogP contribution in [-0.4, -0.2) is 63.9 Å². The summed E-state index contributed by atoms with van der Waals surface area (Å²) in [5.41, 5.74) is 1.28. The summed E-state index contributed by atoms with van der Waals surface area (Å²) in [6.45, 7) is 4.34. The lowest BCUT2D eigenvalue weighted by molar-refractivity contribution is -0.131. The third kappa shape index (κ3) is 4.48. The van der Waals surface area contributed by atoms with Gasteiger partial charge in [0.15, 0.2) is 0 Å². The number of sulfonamides is 1. The highest BCUT2D eigenvalue weighted by atomic mass is 35.5. The first-order chi connectivity index (χ1) is 13.3. The largest absolute Gasteiger partial charge is 0.339 e. The number of nitrogens with zero attached hydrogens (tertiary/aromatic N) is 3. The van der Waals surface area contributed by atoms with Gasteiger partial charge in [-0.15, -0.1) is 0 Å². The SMILES string of the molecule is Cc1ccccc1N(CC(=O)N1CCN(C)CC1)S(=O)(=O)c1ccc(Cl)cc1. The first kappa shape index (κ1) is 20.6. The van der Waals surface area contributed by atoms with Crippen LogP contribution < -0.4 is 4.31 Å². The number of piperazine rings is 1. The van der Waals surface area contributed by atoms with Crippen LogP contribution in [0.5, 0.6) is 0 Å². The van der Waals surface area contributed by atoms with Crippen molar-refractivity contribution in [2.24, 2.45) is 0 Å². The number of carbonyl (C=O) groups excluding carboxylic acids is 1. The molecular formula is C20H24ClN3O3S. The van der Waals surface area contributed by atoms with Crippen molar-refractivity contribution in [1.29, 1.82) is 0 Å². The third-order valence-corrected chi connectivity index (χ3v) is 6.95. The van der Waals surface area contributed by atoms with Gasteiger partial charge in [-0.25, -0.2) is 8.42 Å². The van der Waals surface area contributed by atoms with Gasteiger partial charge < -0.3 is 9.80 Å². The number of hydrogen-bond donors (Lipinski definition) is 0. The molecule has 0 bridgehead atoms. The highest BCUT2D eigenvalue weighted by Crippen LogP contribution is 2.27. The van der Waals surface area contributed by atoms with E-state index in [1.165, 1.54) is 28.6 Å². The van der Waals surface area contributed by atoms with Crippen molar-refractivity contribution in [3.8, 4) is 0 Å². The molecule has 3 rings (SSSR count). The highest BCUT2D eigenvalue weighted by Gasteiger charge is 2.30. The Morgan fingerprint density at radius 3 is 2.25 bits per heavy atom. The number of para-hydroxylation sites is 1. The molecule has 28 heavy (non-hydrogen) atoms. The summed E-state index contributed by atoms with van der Waals surface area (Å²) < 4.78 is 27.9. The Labute approximate surface area is 171 Å². The van der Waals surface area contributed by atoms with Gasteiger partial charge in [-0.05, 0) is 49.9 Å². The molecule has 1 fully saturated rings. The Hall–Kier alpha value is -2.09. The number of halogens is 1. The fourth-order valence-corrected chi connectivity index (χ4v) is 4.76. The summed E-state index contributed by atoms with van der Waals surface area (Å²) >= 11 is 5.91. The van der Waals surface area contributed by atoms with E-state index in [2.05, 4.69) is 4.90 Å². The summed E-state index contributed by atoms with van der Waals surface area (Å²) in [6, 6.07) is 13.2. The van der Waals surface area contributed by atoms with Crippen LogP contribution >= 0.6 is 11.6 Å². The average Bonchev–Trinajstić information content (AvgIpc) is 2.67. The van der Waals surface area contributed by atoms with Gasteiger partial charge in [0.05, 0.1) is 10.6 Å². The molecule has 1 aliphatic heterocycles. The Bertz CT molecular complexity index is 939. The first-order valence-corrected chi connectivity index (χ1v) is 10.9. The quantitative estimate of drug-likeness (QED) is 0.744. The predicted molar refractivity (Wildman–Crippen MR) is 111 cm³/mol. The van der Waals surface area contributed by atoms with E-state index in [-0.39, 0.29) is 17.3 Å². The van der Waals surface area contributed by atoms with Crippen LogP contribution in [0.2, 0.25) is 5.02 Å². The molecule has 0 unspecified atom stereocenters. The maximum atomic E-state index is 13.4. The van der Waals surface area contributed by atoms with Gasteiger partial charge in [-0.3, -0.25) is 9.10 Å². The molecule has 0 spiro atoms. The average molecular weight is 422 g/mol. The molecule has 2 aromatic rings. The van der Waals surface area contributed by atoms with Gasteiger partial charge in [-0.2, -0.15) is 0 Å². The van der Waals surface area contributed by atoms with Crippen molar-refractivity contribution in [3.05, 3.63) is 59.1 Å². The predicted octanol–water partition coefficient (Wildman–Crippen LogP) is 2.62. The van der Waals surface area contributed by atoms with Gasteiger partial charge in [0.1, 0.15) is 6.54 Å². The van der Waals surface area contributed by atoms with E-state index in [4.69, 9.17) is 11.6 Å². The van der Waals surface area contributed by atoms with Gasteiger partial charge in [0.25, 0.3) is 10.0 Å². The Morgan fingerprint density at radius 1 is 1.04 bits per heavy atom. The second kappa shape index (κ2) is 8.51. The smallest absolute Gasteiger partial charge is 0.264 e. The molecule has 0 aromatic heterocycles. The Kier molecular flexibility index (Phi) is 6.27. The summed E-state index contributed by atoms with van der Waals surface area (Å²) in [7, 11) is -1.91.